The molecule has 3 N–H and O–H groups in total. The molecular formula is C12H17FN2O3S. The van der Waals surface area contributed by atoms with Gasteiger partial charge in [-0.05, 0) is 24.6 Å². The minimum Gasteiger partial charge on any atom is -0.327 e. The fourth-order valence-electron chi connectivity index (χ4n) is 1.47. The highest BCUT2D eigenvalue weighted by Crippen LogP contribution is 2.09. The van der Waals surface area contributed by atoms with Crippen molar-refractivity contribution in [1.82, 2.24) is 0 Å². The monoisotopic (exact) mass is 288 g/mol. The molecule has 0 aliphatic heterocycles. The topological polar surface area (TPSA) is 89.3 Å². The number of nitrogens with one attached hydrogen (secondary N) is 1. The van der Waals surface area contributed by atoms with Crippen LogP contribution in [-0.4, -0.2) is 31.9 Å². The first-order valence-corrected chi connectivity index (χ1v) is 7.66. The predicted molar refractivity (Wildman–Crippen MR) is 71.9 cm³/mol. The molecule has 0 aromatic heterocycles. The molecule has 1 amide bonds. The molecule has 7 heteroatoms. The number of carbonyl (C=O) groups is 1. The zero-order valence-corrected chi connectivity index (χ0v) is 11.4. The van der Waals surface area contributed by atoms with Crippen LogP contribution >= 0.6 is 0 Å². The summed E-state index contributed by atoms with van der Waals surface area (Å²) in [6.45, 7) is 1.77. The summed E-state index contributed by atoms with van der Waals surface area (Å²) < 4.78 is 36.2. The SMILES string of the molecule is CCC(N)CS(=O)(=O)CC(=O)Nc1cccc(F)c1. The van der Waals surface area contributed by atoms with E-state index >= 15 is 0 Å². The number of anilines is 1. The maximum Gasteiger partial charge on any atom is 0.239 e. The molecule has 5 nitrogen and oxygen atoms in total. The van der Waals surface area contributed by atoms with Crippen LogP contribution in [0.25, 0.3) is 0 Å². The summed E-state index contributed by atoms with van der Waals surface area (Å²) in [5.74, 6) is -2.10. The van der Waals surface area contributed by atoms with Gasteiger partial charge in [0.05, 0.1) is 5.75 Å². The minimum absolute atomic E-state index is 0.222. The summed E-state index contributed by atoms with van der Waals surface area (Å²) in [5.41, 5.74) is 5.77. The summed E-state index contributed by atoms with van der Waals surface area (Å²) >= 11 is 0. The van der Waals surface area contributed by atoms with E-state index in [9.17, 15) is 17.6 Å². The molecule has 0 spiro atoms. The molecular weight excluding hydrogens is 271 g/mol. The van der Waals surface area contributed by atoms with Crippen molar-refractivity contribution < 1.29 is 17.6 Å². The van der Waals surface area contributed by atoms with E-state index in [0.717, 1.165) is 6.07 Å². The second-order valence-corrected chi connectivity index (χ2v) is 6.39. The summed E-state index contributed by atoms with van der Waals surface area (Å²) in [6, 6.07) is 4.76. The average molecular weight is 288 g/mol. The van der Waals surface area contributed by atoms with Gasteiger partial charge in [0.2, 0.25) is 5.91 Å². The van der Waals surface area contributed by atoms with E-state index in [2.05, 4.69) is 5.32 Å². The fraction of sp³-hybridized carbons (Fsp3) is 0.417. The molecule has 0 saturated heterocycles. The molecule has 0 radical (unpaired) electrons. The molecule has 0 bridgehead atoms. The van der Waals surface area contributed by atoms with Crippen LogP contribution in [0.15, 0.2) is 24.3 Å². The highest BCUT2D eigenvalue weighted by molar-refractivity contribution is 7.92. The van der Waals surface area contributed by atoms with Crippen LogP contribution in [0.1, 0.15) is 13.3 Å². The van der Waals surface area contributed by atoms with Crippen molar-refractivity contribution in [2.45, 2.75) is 19.4 Å². The molecule has 0 saturated carbocycles. The Morgan fingerprint density at radius 2 is 2.16 bits per heavy atom. The lowest BCUT2D eigenvalue weighted by atomic mass is 10.3. The quantitative estimate of drug-likeness (QED) is 0.814. The zero-order valence-electron chi connectivity index (χ0n) is 10.6. The van der Waals surface area contributed by atoms with Crippen LogP contribution in [0.2, 0.25) is 0 Å². The van der Waals surface area contributed by atoms with Crippen molar-refractivity contribution in [3.63, 3.8) is 0 Å². The number of hydrogen-bond donors (Lipinski definition) is 2. The fourth-order valence-corrected chi connectivity index (χ4v) is 2.94. The first kappa shape index (κ1) is 15.6. The zero-order chi connectivity index (χ0) is 14.5. The Labute approximate surface area is 111 Å². The lowest BCUT2D eigenvalue weighted by Gasteiger charge is -2.10. The van der Waals surface area contributed by atoms with Crippen molar-refractivity contribution in [1.29, 1.82) is 0 Å². The van der Waals surface area contributed by atoms with E-state index in [1.54, 1.807) is 6.92 Å². The molecule has 0 heterocycles. The Morgan fingerprint density at radius 1 is 1.47 bits per heavy atom. The van der Waals surface area contributed by atoms with Crippen molar-refractivity contribution in [3.05, 3.63) is 30.1 Å². The Hall–Kier alpha value is -1.47. The number of halogens is 1. The number of sulfone groups is 1. The summed E-state index contributed by atoms with van der Waals surface area (Å²) in [6.07, 6.45) is 0.519. The third kappa shape index (κ3) is 5.80. The first-order valence-electron chi connectivity index (χ1n) is 5.84. The first-order chi connectivity index (χ1) is 8.82. The third-order valence-corrected chi connectivity index (χ3v) is 4.09. The van der Waals surface area contributed by atoms with Crippen LogP contribution in [0.3, 0.4) is 0 Å². The number of carbonyl (C=O) groups excluding carboxylic acids is 1. The lowest BCUT2D eigenvalue weighted by molar-refractivity contribution is -0.113. The molecule has 1 aromatic rings. The molecule has 1 unspecified atom stereocenters. The smallest absolute Gasteiger partial charge is 0.239 e. The number of hydrogen-bond acceptors (Lipinski definition) is 4. The average Bonchev–Trinajstić information content (AvgIpc) is 2.26. The summed E-state index contributed by atoms with van der Waals surface area (Å²) in [7, 11) is -3.55. The normalized spacial score (nSPS) is 13.0. The molecule has 19 heavy (non-hydrogen) atoms. The van der Waals surface area contributed by atoms with Gasteiger partial charge < -0.3 is 11.1 Å². The molecule has 1 atom stereocenters. The second-order valence-electron chi connectivity index (χ2n) is 4.28. The van der Waals surface area contributed by atoms with Crippen molar-refractivity contribution in [3.8, 4) is 0 Å². The number of nitrogens with two attached hydrogens (primary N) is 1. The van der Waals surface area contributed by atoms with E-state index in [0.29, 0.717) is 6.42 Å². The minimum atomic E-state index is -3.55. The third-order valence-electron chi connectivity index (χ3n) is 2.45. The Balaban J connectivity index is 2.60. The van der Waals surface area contributed by atoms with Crippen molar-refractivity contribution in [2.24, 2.45) is 5.73 Å². The predicted octanol–water partition coefficient (Wildman–Crippen LogP) is 0.916. The Bertz CT molecular complexity index is 546. The molecule has 1 rings (SSSR count). The Morgan fingerprint density at radius 3 is 2.74 bits per heavy atom. The van der Waals surface area contributed by atoms with Gasteiger partial charge in [-0.3, -0.25) is 4.79 Å². The van der Waals surface area contributed by atoms with Crippen LogP contribution in [0.4, 0.5) is 10.1 Å². The van der Waals surface area contributed by atoms with Gasteiger partial charge in [0, 0.05) is 11.7 Å². The van der Waals surface area contributed by atoms with E-state index in [-0.39, 0.29) is 11.4 Å². The Kier molecular flexibility index (Phi) is 5.44. The van der Waals surface area contributed by atoms with Crippen molar-refractivity contribution >= 4 is 21.4 Å². The van der Waals surface area contributed by atoms with Crippen LogP contribution in [0, 0.1) is 5.82 Å². The summed E-state index contributed by atoms with van der Waals surface area (Å²) in [5, 5.41) is 2.33. The van der Waals surface area contributed by atoms with Gasteiger partial charge in [-0.15, -0.1) is 0 Å². The number of amides is 1. The van der Waals surface area contributed by atoms with Crippen LogP contribution in [-0.2, 0) is 14.6 Å². The maximum absolute atomic E-state index is 12.9. The van der Waals surface area contributed by atoms with Gasteiger partial charge in [0.25, 0.3) is 0 Å². The molecule has 1 aromatic carbocycles. The van der Waals surface area contributed by atoms with Gasteiger partial charge in [-0.1, -0.05) is 13.0 Å². The molecule has 0 aliphatic carbocycles. The van der Waals surface area contributed by atoms with Gasteiger partial charge in [-0.25, -0.2) is 12.8 Å². The van der Waals surface area contributed by atoms with Gasteiger partial charge in [0.1, 0.15) is 11.6 Å². The molecule has 0 fully saturated rings. The number of rotatable bonds is 6. The van der Waals surface area contributed by atoms with E-state index in [4.69, 9.17) is 5.73 Å². The second kappa shape index (κ2) is 6.63. The largest absolute Gasteiger partial charge is 0.327 e. The standard InChI is InChI=1S/C12H17FN2O3S/c1-2-10(14)7-19(17,18)8-12(16)15-11-5-3-4-9(13)6-11/h3-6,10H,2,7-8,14H2,1H3,(H,15,16). The van der Waals surface area contributed by atoms with E-state index in [1.165, 1.54) is 18.2 Å². The van der Waals surface area contributed by atoms with Crippen molar-refractivity contribution in [2.75, 3.05) is 16.8 Å². The van der Waals surface area contributed by atoms with Crippen LogP contribution < -0.4 is 11.1 Å². The lowest BCUT2D eigenvalue weighted by Crippen LogP contribution is -2.33. The van der Waals surface area contributed by atoms with Gasteiger partial charge in [-0.2, -0.15) is 0 Å². The highest BCUT2D eigenvalue weighted by atomic mass is 32.2. The summed E-state index contributed by atoms with van der Waals surface area (Å²) in [4.78, 5) is 11.6. The molecule has 0 aliphatic rings. The highest BCUT2D eigenvalue weighted by Gasteiger charge is 2.19. The van der Waals surface area contributed by atoms with E-state index in [1.807, 2.05) is 0 Å². The van der Waals surface area contributed by atoms with Crippen LogP contribution in [0.5, 0.6) is 0 Å². The number of benzene rings is 1. The van der Waals surface area contributed by atoms with E-state index < -0.39 is 33.4 Å². The molecule has 106 valence electrons. The van der Waals surface area contributed by atoms with Gasteiger partial charge in [0.15, 0.2) is 9.84 Å². The maximum atomic E-state index is 12.9. The van der Waals surface area contributed by atoms with Gasteiger partial charge >= 0.3 is 0 Å².